The van der Waals surface area contributed by atoms with E-state index in [0.29, 0.717) is 5.92 Å². The number of para-hydroxylation sites is 1. The fourth-order valence-corrected chi connectivity index (χ4v) is 2.52. The van der Waals surface area contributed by atoms with Gasteiger partial charge in [-0.3, -0.25) is 0 Å². The Kier molecular flexibility index (Phi) is 3.61. The van der Waals surface area contributed by atoms with Crippen molar-refractivity contribution in [2.45, 2.75) is 18.4 Å². The van der Waals surface area contributed by atoms with Crippen LogP contribution >= 0.6 is 11.6 Å². The molecule has 2 atom stereocenters. The zero-order chi connectivity index (χ0) is 13.9. The minimum absolute atomic E-state index is 0.161. The Balaban J connectivity index is 1.54. The van der Waals surface area contributed by atoms with Crippen LogP contribution in [-0.2, 0) is 0 Å². The van der Waals surface area contributed by atoms with Crippen molar-refractivity contribution >= 4 is 23.3 Å². The lowest BCUT2D eigenvalue weighted by molar-refractivity contribution is 0.251. The van der Waals surface area contributed by atoms with Crippen molar-refractivity contribution in [3.63, 3.8) is 0 Å². The Morgan fingerprint density at radius 3 is 2.65 bits per heavy atom. The molecule has 1 aliphatic carbocycles. The number of hydrogen-bond donors (Lipinski definition) is 2. The third-order valence-electron chi connectivity index (χ3n) is 3.42. The number of amides is 2. The summed E-state index contributed by atoms with van der Waals surface area (Å²) in [6, 6.07) is 17.3. The predicted molar refractivity (Wildman–Crippen MR) is 81.2 cm³/mol. The summed E-state index contributed by atoms with van der Waals surface area (Å²) in [6.45, 7) is 0. The summed E-state index contributed by atoms with van der Waals surface area (Å²) in [5, 5.41) is 6.54. The molecule has 0 radical (unpaired) electrons. The Bertz CT molecular complexity index is 615. The van der Waals surface area contributed by atoms with Crippen LogP contribution in [0.5, 0.6) is 0 Å². The summed E-state index contributed by atoms with van der Waals surface area (Å²) >= 11 is 5.98. The lowest BCUT2D eigenvalue weighted by Gasteiger charge is -2.07. The Morgan fingerprint density at radius 2 is 1.90 bits per heavy atom. The topological polar surface area (TPSA) is 41.1 Å². The summed E-state index contributed by atoms with van der Waals surface area (Å²) in [7, 11) is 0. The van der Waals surface area contributed by atoms with Crippen molar-refractivity contribution in [1.82, 2.24) is 5.32 Å². The summed E-state index contributed by atoms with van der Waals surface area (Å²) in [5.41, 5.74) is 1.98. The van der Waals surface area contributed by atoms with E-state index in [1.165, 1.54) is 5.56 Å². The van der Waals surface area contributed by atoms with E-state index in [1.54, 1.807) is 0 Å². The van der Waals surface area contributed by atoms with Crippen LogP contribution in [-0.4, -0.2) is 12.1 Å². The summed E-state index contributed by atoms with van der Waals surface area (Å²) < 4.78 is 0. The average Bonchev–Trinajstić information content (AvgIpc) is 3.19. The number of benzene rings is 2. The number of halogens is 1. The third-order valence-corrected chi connectivity index (χ3v) is 3.65. The van der Waals surface area contributed by atoms with Gasteiger partial charge in [0, 0.05) is 22.7 Å². The van der Waals surface area contributed by atoms with Gasteiger partial charge in [0.15, 0.2) is 0 Å². The lowest BCUT2D eigenvalue weighted by Crippen LogP contribution is -2.31. The molecule has 0 saturated heterocycles. The highest BCUT2D eigenvalue weighted by Gasteiger charge is 2.39. The quantitative estimate of drug-likeness (QED) is 0.879. The van der Waals surface area contributed by atoms with E-state index in [2.05, 4.69) is 10.6 Å². The molecule has 0 unspecified atom stereocenters. The molecule has 20 heavy (non-hydrogen) atoms. The molecule has 1 fully saturated rings. The zero-order valence-electron chi connectivity index (χ0n) is 10.8. The van der Waals surface area contributed by atoms with E-state index in [-0.39, 0.29) is 12.1 Å². The molecule has 0 aromatic heterocycles. The molecule has 102 valence electrons. The van der Waals surface area contributed by atoms with Crippen molar-refractivity contribution < 1.29 is 4.79 Å². The molecule has 2 amide bonds. The molecule has 0 spiro atoms. The maximum absolute atomic E-state index is 11.9. The van der Waals surface area contributed by atoms with Gasteiger partial charge in [-0.15, -0.1) is 0 Å². The van der Waals surface area contributed by atoms with Crippen molar-refractivity contribution in [2.75, 3.05) is 5.32 Å². The fourth-order valence-electron chi connectivity index (χ4n) is 2.32. The van der Waals surface area contributed by atoms with Crippen molar-refractivity contribution in [2.24, 2.45) is 0 Å². The van der Waals surface area contributed by atoms with Gasteiger partial charge >= 0.3 is 6.03 Å². The zero-order valence-corrected chi connectivity index (χ0v) is 11.6. The smallest absolute Gasteiger partial charge is 0.319 e. The van der Waals surface area contributed by atoms with E-state index < -0.39 is 0 Å². The van der Waals surface area contributed by atoms with E-state index in [4.69, 9.17) is 11.6 Å². The van der Waals surface area contributed by atoms with Crippen LogP contribution in [0.15, 0.2) is 54.6 Å². The van der Waals surface area contributed by atoms with Gasteiger partial charge < -0.3 is 10.6 Å². The highest BCUT2D eigenvalue weighted by atomic mass is 35.5. The van der Waals surface area contributed by atoms with Crippen LogP contribution < -0.4 is 10.6 Å². The van der Waals surface area contributed by atoms with Crippen molar-refractivity contribution in [3.8, 4) is 0 Å². The number of rotatable bonds is 3. The van der Waals surface area contributed by atoms with Gasteiger partial charge in [-0.25, -0.2) is 4.79 Å². The second kappa shape index (κ2) is 5.55. The normalized spacial score (nSPS) is 20.2. The molecule has 0 aliphatic heterocycles. The predicted octanol–water partition coefficient (Wildman–Crippen LogP) is 4.02. The SMILES string of the molecule is O=C(Nc1ccccc1)N[C@@H]1C[C@H]1c1cccc(Cl)c1. The molecule has 0 bridgehead atoms. The fraction of sp³-hybridized carbons (Fsp3) is 0.188. The van der Waals surface area contributed by atoms with Crippen LogP contribution in [0.25, 0.3) is 0 Å². The van der Waals surface area contributed by atoms with Gasteiger partial charge in [-0.05, 0) is 36.2 Å². The van der Waals surface area contributed by atoms with Gasteiger partial charge in [0.2, 0.25) is 0 Å². The molecular weight excluding hydrogens is 272 g/mol. The molecule has 2 aromatic rings. The van der Waals surface area contributed by atoms with Crippen molar-refractivity contribution in [1.29, 1.82) is 0 Å². The van der Waals surface area contributed by atoms with Crippen LogP contribution in [0.3, 0.4) is 0 Å². The first kappa shape index (κ1) is 13.0. The molecule has 1 saturated carbocycles. The first-order chi connectivity index (χ1) is 9.72. The Labute approximate surface area is 123 Å². The number of carbonyl (C=O) groups excluding carboxylic acids is 1. The summed E-state index contributed by atoms with van der Waals surface area (Å²) in [4.78, 5) is 11.9. The molecule has 1 aliphatic rings. The number of anilines is 1. The summed E-state index contributed by atoms with van der Waals surface area (Å²) in [5.74, 6) is 0.371. The lowest BCUT2D eigenvalue weighted by atomic mass is 10.1. The van der Waals surface area contributed by atoms with Gasteiger partial charge in [0.1, 0.15) is 0 Å². The second-order valence-corrected chi connectivity index (χ2v) is 5.40. The van der Waals surface area contributed by atoms with E-state index in [1.807, 2.05) is 54.6 Å². The largest absolute Gasteiger partial charge is 0.334 e. The van der Waals surface area contributed by atoms with E-state index >= 15 is 0 Å². The standard InChI is InChI=1S/C16H15ClN2O/c17-12-6-4-5-11(9-12)14-10-15(14)19-16(20)18-13-7-2-1-3-8-13/h1-9,14-15H,10H2,(H2,18,19,20)/t14-,15+/m0/s1. The van der Waals surface area contributed by atoms with Gasteiger partial charge in [0.25, 0.3) is 0 Å². The maximum atomic E-state index is 11.9. The third kappa shape index (κ3) is 3.11. The Hall–Kier alpha value is -2.00. The maximum Gasteiger partial charge on any atom is 0.319 e. The van der Waals surface area contributed by atoms with E-state index in [0.717, 1.165) is 17.1 Å². The molecule has 4 heteroatoms. The molecular formula is C16H15ClN2O. The van der Waals surface area contributed by atoms with E-state index in [9.17, 15) is 4.79 Å². The highest BCUT2D eigenvalue weighted by molar-refractivity contribution is 6.30. The van der Waals surface area contributed by atoms with Crippen LogP contribution in [0.4, 0.5) is 10.5 Å². The minimum atomic E-state index is -0.161. The molecule has 2 aromatic carbocycles. The van der Waals surface area contributed by atoms with Gasteiger partial charge in [-0.1, -0.05) is 41.9 Å². The number of nitrogens with one attached hydrogen (secondary N) is 2. The molecule has 2 N–H and O–H groups in total. The van der Waals surface area contributed by atoms with Gasteiger partial charge in [-0.2, -0.15) is 0 Å². The highest BCUT2D eigenvalue weighted by Crippen LogP contribution is 2.41. The monoisotopic (exact) mass is 286 g/mol. The first-order valence-electron chi connectivity index (χ1n) is 6.60. The Morgan fingerprint density at radius 1 is 1.10 bits per heavy atom. The molecule has 3 nitrogen and oxygen atoms in total. The number of carbonyl (C=O) groups is 1. The van der Waals surface area contributed by atoms with Gasteiger partial charge in [0.05, 0.1) is 0 Å². The van der Waals surface area contributed by atoms with Crippen LogP contribution in [0.1, 0.15) is 17.9 Å². The number of urea groups is 1. The molecule has 0 heterocycles. The number of hydrogen-bond acceptors (Lipinski definition) is 1. The average molecular weight is 287 g/mol. The van der Waals surface area contributed by atoms with Crippen LogP contribution in [0, 0.1) is 0 Å². The second-order valence-electron chi connectivity index (χ2n) is 4.97. The van der Waals surface area contributed by atoms with Crippen LogP contribution in [0.2, 0.25) is 5.02 Å². The first-order valence-corrected chi connectivity index (χ1v) is 6.98. The molecule has 3 rings (SSSR count). The van der Waals surface area contributed by atoms with Crippen molar-refractivity contribution in [3.05, 3.63) is 65.2 Å². The minimum Gasteiger partial charge on any atom is -0.334 e. The summed E-state index contributed by atoms with van der Waals surface area (Å²) in [6.07, 6.45) is 0.961.